The Morgan fingerprint density at radius 1 is 1.07 bits per heavy atom. The van der Waals surface area contributed by atoms with Crippen LogP contribution in [0.3, 0.4) is 0 Å². The number of hydrogen-bond donors (Lipinski definition) is 2. The van der Waals surface area contributed by atoms with E-state index < -0.39 is 58.5 Å². The number of alkyl halides is 6. The van der Waals surface area contributed by atoms with Gasteiger partial charge in [-0.3, -0.25) is 14.8 Å². The maximum Gasteiger partial charge on any atom is 0.411 e. The van der Waals surface area contributed by atoms with Crippen molar-refractivity contribution in [3.8, 4) is 5.75 Å². The number of ether oxygens (including phenoxy) is 1. The van der Waals surface area contributed by atoms with Gasteiger partial charge in [-0.05, 0) is 67.9 Å². The largest absolute Gasteiger partial charge is 0.494 e. The fourth-order valence-electron chi connectivity index (χ4n) is 5.12. The molecule has 2 fully saturated rings. The Bertz CT molecular complexity index is 1440. The second-order valence-corrected chi connectivity index (χ2v) is 12.9. The molecule has 0 radical (unpaired) electrons. The first-order valence-electron chi connectivity index (χ1n) is 13.6. The summed E-state index contributed by atoms with van der Waals surface area (Å²) in [5, 5.41) is 6.23. The van der Waals surface area contributed by atoms with E-state index in [-0.39, 0.29) is 47.2 Å². The van der Waals surface area contributed by atoms with Gasteiger partial charge < -0.3 is 4.74 Å². The first kappa shape index (κ1) is 30.4. The Morgan fingerprint density at radius 3 is 2.33 bits per heavy atom. The number of aromatic nitrogens is 2. The molecule has 42 heavy (non-hydrogen) atoms. The third-order valence-corrected chi connectivity index (χ3v) is 9.74. The van der Waals surface area contributed by atoms with Gasteiger partial charge in [0.1, 0.15) is 11.3 Å². The summed E-state index contributed by atoms with van der Waals surface area (Å²) in [6, 6.07) is 6.47. The number of carbonyl (C=O) groups is 1. The average Bonchev–Trinajstić information content (AvgIpc) is 3.64. The van der Waals surface area contributed by atoms with Gasteiger partial charge in [0.15, 0.2) is 0 Å². The van der Waals surface area contributed by atoms with Gasteiger partial charge in [0, 0.05) is 31.2 Å². The fraction of sp³-hybridized carbons (Fsp3) is 0.556. The van der Waals surface area contributed by atoms with Crippen molar-refractivity contribution in [2.75, 3.05) is 13.2 Å². The summed E-state index contributed by atoms with van der Waals surface area (Å²) in [6.07, 6.45) is -6.13. The van der Waals surface area contributed by atoms with Crippen LogP contribution in [-0.2, 0) is 20.4 Å². The topological polar surface area (TPSA) is 102 Å². The summed E-state index contributed by atoms with van der Waals surface area (Å²) < 4.78 is 116. The van der Waals surface area contributed by atoms with Crippen LogP contribution in [-0.4, -0.2) is 54.9 Å². The number of rotatable bonds is 10. The number of sulfonamides is 1. The normalized spacial score (nSPS) is 22.1. The summed E-state index contributed by atoms with van der Waals surface area (Å²) in [5.41, 5.74) is -2.91. The molecule has 2 saturated carbocycles. The van der Waals surface area contributed by atoms with Crippen LogP contribution in [0.15, 0.2) is 42.1 Å². The Labute approximate surface area is 238 Å². The monoisotopic (exact) mass is 620 g/mol. The number of nitrogens with one attached hydrogen (secondary N) is 2. The van der Waals surface area contributed by atoms with E-state index in [0.717, 1.165) is 19.3 Å². The molecule has 15 heteroatoms. The molecule has 1 aliphatic heterocycles. The number of nitrogens with zero attached hydrogens (tertiary/aromatic N) is 2. The molecule has 5 rings (SSSR count). The summed E-state index contributed by atoms with van der Waals surface area (Å²) in [6.45, 7) is -0.854. The van der Waals surface area contributed by atoms with Crippen molar-refractivity contribution < 1.29 is 44.3 Å². The van der Waals surface area contributed by atoms with Crippen molar-refractivity contribution >= 4 is 21.5 Å². The summed E-state index contributed by atoms with van der Waals surface area (Å²) in [7, 11) is -3.96. The lowest BCUT2D eigenvalue weighted by Gasteiger charge is -2.41. The minimum absolute atomic E-state index is 0.0277. The van der Waals surface area contributed by atoms with Crippen LogP contribution < -0.4 is 14.8 Å². The number of carbonyl (C=O) groups excluding carboxylic acids is 1. The highest BCUT2D eigenvalue weighted by Gasteiger charge is 2.58. The quantitative estimate of drug-likeness (QED) is 0.282. The molecule has 2 heterocycles. The van der Waals surface area contributed by atoms with E-state index in [2.05, 4.69) is 10.4 Å². The highest BCUT2D eigenvalue weighted by atomic mass is 32.2. The van der Waals surface area contributed by atoms with Gasteiger partial charge in [0.05, 0.1) is 23.6 Å². The van der Waals surface area contributed by atoms with Crippen molar-refractivity contribution in [2.45, 2.75) is 80.5 Å². The van der Waals surface area contributed by atoms with Crippen LogP contribution >= 0.6 is 0 Å². The summed E-state index contributed by atoms with van der Waals surface area (Å²) in [5.74, 6) is -0.893. The predicted octanol–water partition coefficient (Wildman–Crippen LogP) is 5.14. The fourth-order valence-corrected chi connectivity index (χ4v) is 6.42. The molecule has 2 aliphatic carbocycles. The van der Waals surface area contributed by atoms with E-state index in [4.69, 9.17) is 4.74 Å². The number of hydrogen-bond acceptors (Lipinski definition) is 6. The van der Waals surface area contributed by atoms with Crippen LogP contribution in [0.1, 0.15) is 68.7 Å². The zero-order chi connectivity index (χ0) is 30.3. The molecule has 1 aromatic heterocycles. The molecular formula is C27H30F6N4O4S. The van der Waals surface area contributed by atoms with Crippen LogP contribution in [0.5, 0.6) is 5.75 Å². The van der Waals surface area contributed by atoms with Crippen LogP contribution in [0.2, 0.25) is 0 Å². The zero-order valence-electron chi connectivity index (χ0n) is 22.4. The summed E-state index contributed by atoms with van der Waals surface area (Å²) >= 11 is 0. The smallest absolute Gasteiger partial charge is 0.411 e. The maximum absolute atomic E-state index is 14.9. The summed E-state index contributed by atoms with van der Waals surface area (Å²) in [4.78, 5) is 13.2. The van der Waals surface area contributed by atoms with Gasteiger partial charge in [0.25, 0.3) is 5.91 Å². The minimum atomic E-state index is -4.87. The Kier molecular flexibility index (Phi) is 8.11. The second kappa shape index (κ2) is 11.2. The van der Waals surface area contributed by atoms with Crippen molar-refractivity contribution in [1.82, 2.24) is 19.8 Å². The van der Waals surface area contributed by atoms with E-state index in [1.165, 1.54) is 30.3 Å². The van der Waals surface area contributed by atoms with Crippen LogP contribution in [0.25, 0.3) is 5.57 Å². The van der Waals surface area contributed by atoms with Crippen molar-refractivity contribution in [3.63, 3.8) is 0 Å². The molecular weight excluding hydrogens is 590 g/mol. The van der Waals surface area contributed by atoms with Gasteiger partial charge in [0.2, 0.25) is 10.0 Å². The van der Waals surface area contributed by atoms with Gasteiger partial charge in [-0.2, -0.15) is 31.4 Å². The van der Waals surface area contributed by atoms with E-state index >= 15 is 0 Å². The van der Waals surface area contributed by atoms with Gasteiger partial charge in [-0.15, -0.1) is 0 Å². The SMILES string of the molecule is O=C(NS(=O)(=O)C1CC1)C1=C(c2ccn(C3CCC3)n2)C[C@](c2ccc(OCCCC(F)(F)F)cc2)(C(F)(F)F)NC1. The van der Waals surface area contributed by atoms with E-state index in [0.29, 0.717) is 12.8 Å². The number of amides is 1. The van der Waals surface area contributed by atoms with E-state index in [9.17, 15) is 39.6 Å². The number of benzene rings is 1. The van der Waals surface area contributed by atoms with Crippen LogP contribution in [0, 0.1) is 0 Å². The zero-order valence-corrected chi connectivity index (χ0v) is 23.2. The van der Waals surface area contributed by atoms with Gasteiger partial charge in [-0.1, -0.05) is 12.1 Å². The average molecular weight is 621 g/mol. The van der Waals surface area contributed by atoms with E-state index in [1.54, 1.807) is 10.9 Å². The third kappa shape index (κ3) is 6.46. The molecule has 3 aliphatic rings. The van der Waals surface area contributed by atoms with E-state index in [1.807, 2.05) is 4.72 Å². The first-order valence-corrected chi connectivity index (χ1v) is 15.2. The standard InChI is InChI=1S/C27H30F6N4O4S/c28-26(29,30)12-2-14-41-19-7-5-17(6-8-19)25(27(31,32)33)15-21(23-11-13-37(35-23)18-3-1-4-18)22(16-34-25)24(38)36-42(39,40)20-9-10-20/h5-8,11,13,18,20,34H,1-4,9-10,12,14-16H2,(H,36,38)/t25-/m0/s1. The molecule has 0 bridgehead atoms. The molecule has 230 valence electrons. The minimum Gasteiger partial charge on any atom is -0.494 e. The lowest BCUT2D eigenvalue weighted by atomic mass is 9.77. The molecule has 8 nitrogen and oxygen atoms in total. The highest BCUT2D eigenvalue weighted by Crippen LogP contribution is 2.48. The van der Waals surface area contributed by atoms with Crippen molar-refractivity contribution in [2.24, 2.45) is 0 Å². The van der Waals surface area contributed by atoms with Gasteiger partial charge in [-0.25, -0.2) is 13.1 Å². The van der Waals surface area contributed by atoms with Crippen LogP contribution in [0.4, 0.5) is 26.3 Å². The molecule has 0 spiro atoms. The first-order chi connectivity index (χ1) is 19.7. The third-order valence-electron chi connectivity index (χ3n) is 7.92. The molecule has 1 aromatic carbocycles. The Morgan fingerprint density at radius 2 is 1.76 bits per heavy atom. The molecule has 1 amide bonds. The predicted molar refractivity (Wildman–Crippen MR) is 140 cm³/mol. The molecule has 1 atom stereocenters. The van der Waals surface area contributed by atoms with Crippen molar-refractivity contribution in [3.05, 3.63) is 53.4 Å². The molecule has 2 N–H and O–H groups in total. The lowest BCUT2D eigenvalue weighted by Crippen LogP contribution is -2.57. The Hall–Kier alpha value is -3.07. The molecule has 0 unspecified atom stereocenters. The molecule has 0 saturated heterocycles. The maximum atomic E-state index is 14.9. The molecule has 2 aromatic rings. The Balaban J connectivity index is 1.45. The van der Waals surface area contributed by atoms with Crippen molar-refractivity contribution in [1.29, 1.82) is 0 Å². The second-order valence-electron chi connectivity index (χ2n) is 10.9. The number of halogens is 6. The lowest BCUT2D eigenvalue weighted by molar-refractivity contribution is -0.200. The highest BCUT2D eigenvalue weighted by molar-refractivity contribution is 7.91. The van der Waals surface area contributed by atoms with Gasteiger partial charge >= 0.3 is 12.4 Å².